The number of carbonyl (C=O) groups excluding carboxylic acids is 1. The van der Waals surface area contributed by atoms with Crippen molar-refractivity contribution < 1.29 is 13.6 Å². The third-order valence-electron chi connectivity index (χ3n) is 2.03. The Morgan fingerprint density at radius 1 is 1.12 bits per heavy atom. The van der Waals surface area contributed by atoms with Crippen LogP contribution in [0.25, 0.3) is 0 Å². The van der Waals surface area contributed by atoms with Crippen molar-refractivity contribution >= 4 is 17.8 Å². The van der Waals surface area contributed by atoms with Crippen LogP contribution in [0.15, 0.2) is 36.4 Å². The van der Waals surface area contributed by atoms with Gasteiger partial charge < -0.3 is 5.32 Å². The smallest absolute Gasteiger partial charge is 0.168 e. The van der Waals surface area contributed by atoms with Crippen molar-refractivity contribution in [1.82, 2.24) is 4.98 Å². The van der Waals surface area contributed by atoms with Crippen LogP contribution < -0.4 is 5.32 Å². The third-order valence-corrected chi connectivity index (χ3v) is 2.03. The maximum Gasteiger partial charge on any atom is 0.168 e. The van der Waals surface area contributed by atoms with Gasteiger partial charge in [0.05, 0.1) is 0 Å². The van der Waals surface area contributed by atoms with Crippen molar-refractivity contribution in [3.63, 3.8) is 0 Å². The van der Waals surface area contributed by atoms with Crippen molar-refractivity contribution in [2.24, 2.45) is 0 Å². The highest BCUT2D eigenvalue weighted by molar-refractivity contribution is 5.73. The largest absolute Gasteiger partial charge is 0.340 e. The quantitative estimate of drug-likeness (QED) is 0.830. The molecule has 0 saturated carbocycles. The first-order valence-electron chi connectivity index (χ1n) is 4.83. The number of rotatable bonds is 3. The fourth-order valence-corrected chi connectivity index (χ4v) is 1.36. The summed E-state index contributed by atoms with van der Waals surface area (Å²) in [5.41, 5.74) is 0.406. The second-order valence-electron chi connectivity index (χ2n) is 3.35. The molecule has 0 spiro atoms. The van der Waals surface area contributed by atoms with Gasteiger partial charge in [-0.3, -0.25) is 4.79 Å². The Labute approximate surface area is 96.1 Å². The van der Waals surface area contributed by atoms with E-state index in [0.29, 0.717) is 12.0 Å². The van der Waals surface area contributed by atoms with Gasteiger partial charge in [0.15, 0.2) is 6.29 Å². The van der Waals surface area contributed by atoms with Gasteiger partial charge in [0.1, 0.15) is 23.1 Å². The fraction of sp³-hybridized carbons (Fsp3) is 0. The van der Waals surface area contributed by atoms with E-state index in [4.69, 9.17) is 0 Å². The van der Waals surface area contributed by atoms with Gasteiger partial charge >= 0.3 is 0 Å². The Kier molecular flexibility index (Phi) is 3.09. The van der Waals surface area contributed by atoms with E-state index in [1.165, 1.54) is 18.2 Å². The molecule has 1 aromatic carbocycles. The van der Waals surface area contributed by atoms with Crippen molar-refractivity contribution in [2.75, 3.05) is 5.32 Å². The molecule has 0 unspecified atom stereocenters. The lowest BCUT2D eigenvalue weighted by Gasteiger charge is -2.06. The summed E-state index contributed by atoms with van der Waals surface area (Å²) in [5.74, 6) is -0.847. The van der Waals surface area contributed by atoms with E-state index in [1.807, 2.05) is 0 Å². The van der Waals surface area contributed by atoms with E-state index in [2.05, 4.69) is 10.3 Å². The Morgan fingerprint density at radius 3 is 2.65 bits per heavy atom. The predicted molar refractivity (Wildman–Crippen MR) is 59.3 cm³/mol. The lowest BCUT2D eigenvalue weighted by molar-refractivity contribution is 0.111. The Hall–Kier alpha value is -2.30. The number of nitrogens with zero attached hydrogens (tertiary/aromatic N) is 1. The summed E-state index contributed by atoms with van der Waals surface area (Å²) < 4.78 is 26.0. The molecule has 0 aliphatic rings. The Bertz CT molecular complexity index is 558. The van der Waals surface area contributed by atoms with Crippen molar-refractivity contribution in [1.29, 1.82) is 0 Å². The van der Waals surface area contributed by atoms with Crippen LogP contribution in [0.4, 0.5) is 20.3 Å². The second kappa shape index (κ2) is 4.69. The first-order valence-corrected chi connectivity index (χ1v) is 4.83. The van der Waals surface area contributed by atoms with Crippen LogP contribution in [0, 0.1) is 11.6 Å². The molecule has 0 amide bonds. The highest BCUT2D eigenvalue weighted by Crippen LogP contribution is 2.16. The molecular formula is C12H8F2N2O. The second-order valence-corrected chi connectivity index (χ2v) is 3.35. The number of carbonyl (C=O) groups is 1. The summed E-state index contributed by atoms with van der Waals surface area (Å²) in [7, 11) is 0. The number of hydrogen-bond acceptors (Lipinski definition) is 3. The number of hydrogen-bond donors (Lipinski definition) is 1. The molecule has 0 radical (unpaired) electrons. The lowest BCUT2D eigenvalue weighted by Crippen LogP contribution is -1.98. The van der Waals surface area contributed by atoms with E-state index in [1.54, 1.807) is 6.07 Å². The average molecular weight is 234 g/mol. The van der Waals surface area contributed by atoms with Gasteiger partial charge in [-0.2, -0.15) is 0 Å². The summed E-state index contributed by atoms with van der Waals surface area (Å²) in [5, 5.41) is 2.71. The molecule has 2 rings (SSSR count). The molecule has 3 nitrogen and oxygen atoms in total. The van der Waals surface area contributed by atoms with Gasteiger partial charge in [0.25, 0.3) is 0 Å². The van der Waals surface area contributed by atoms with Gasteiger partial charge in [0.2, 0.25) is 0 Å². The topological polar surface area (TPSA) is 42.0 Å². The lowest BCUT2D eigenvalue weighted by atomic mass is 10.3. The molecule has 0 saturated heterocycles. The van der Waals surface area contributed by atoms with Crippen molar-refractivity contribution in [2.45, 2.75) is 0 Å². The molecule has 1 heterocycles. The minimum Gasteiger partial charge on any atom is -0.340 e. The van der Waals surface area contributed by atoms with E-state index in [0.717, 1.165) is 12.1 Å². The fourth-order valence-electron chi connectivity index (χ4n) is 1.36. The normalized spacial score (nSPS) is 10.0. The first-order chi connectivity index (χ1) is 8.17. The molecule has 0 fully saturated rings. The zero-order valence-corrected chi connectivity index (χ0v) is 8.65. The number of nitrogens with one attached hydrogen (secondary N) is 1. The standard InChI is InChI=1S/C12H8F2N2O/c13-8-2-1-3-10(4-8)15-12-6-9(14)5-11(7-17)16-12/h1-7H,(H,15,16). The summed E-state index contributed by atoms with van der Waals surface area (Å²) in [4.78, 5) is 14.3. The van der Waals surface area contributed by atoms with E-state index < -0.39 is 11.6 Å². The molecular weight excluding hydrogens is 226 g/mol. The van der Waals surface area contributed by atoms with E-state index >= 15 is 0 Å². The average Bonchev–Trinajstić information content (AvgIpc) is 2.28. The monoisotopic (exact) mass is 234 g/mol. The Morgan fingerprint density at radius 2 is 1.94 bits per heavy atom. The van der Waals surface area contributed by atoms with Gasteiger partial charge in [0, 0.05) is 17.8 Å². The molecule has 5 heteroatoms. The highest BCUT2D eigenvalue weighted by Gasteiger charge is 2.03. The van der Waals surface area contributed by atoms with Gasteiger partial charge in [-0.25, -0.2) is 13.8 Å². The van der Waals surface area contributed by atoms with E-state index in [9.17, 15) is 13.6 Å². The van der Waals surface area contributed by atoms with Crippen LogP contribution in [0.5, 0.6) is 0 Å². The minimum absolute atomic E-state index is 0.0242. The summed E-state index contributed by atoms with van der Waals surface area (Å²) in [6.07, 6.45) is 0.444. The maximum absolute atomic E-state index is 13.1. The van der Waals surface area contributed by atoms with Gasteiger partial charge in [-0.1, -0.05) is 6.07 Å². The number of pyridine rings is 1. The van der Waals surface area contributed by atoms with Crippen molar-refractivity contribution in [3.8, 4) is 0 Å². The number of anilines is 2. The molecule has 0 bridgehead atoms. The highest BCUT2D eigenvalue weighted by atomic mass is 19.1. The van der Waals surface area contributed by atoms with Crippen LogP contribution in [-0.2, 0) is 0 Å². The van der Waals surface area contributed by atoms with Crippen LogP contribution in [-0.4, -0.2) is 11.3 Å². The van der Waals surface area contributed by atoms with Gasteiger partial charge in [-0.05, 0) is 18.2 Å². The summed E-state index contributed by atoms with van der Waals surface area (Å²) in [6.45, 7) is 0. The Balaban J connectivity index is 2.29. The molecule has 17 heavy (non-hydrogen) atoms. The van der Waals surface area contributed by atoms with Gasteiger partial charge in [-0.15, -0.1) is 0 Å². The van der Waals surface area contributed by atoms with E-state index in [-0.39, 0.29) is 11.5 Å². The molecule has 1 N–H and O–H groups in total. The van der Waals surface area contributed by atoms with Crippen LogP contribution in [0.3, 0.4) is 0 Å². The predicted octanol–water partition coefficient (Wildman–Crippen LogP) is 2.92. The minimum atomic E-state index is -0.582. The first kappa shape index (κ1) is 11.2. The summed E-state index contributed by atoms with van der Waals surface area (Å²) >= 11 is 0. The number of aldehydes is 1. The molecule has 1 aromatic heterocycles. The van der Waals surface area contributed by atoms with Crippen molar-refractivity contribution in [3.05, 3.63) is 53.7 Å². The molecule has 2 aromatic rings. The van der Waals surface area contributed by atoms with Crippen LogP contribution in [0.2, 0.25) is 0 Å². The molecule has 0 aliphatic heterocycles. The van der Waals surface area contributed by atoms with Crippen LogP contribution >= 0.6 is 0 Å². The SMILES string of the molecule is O=Cc1cc(F)cc(Nc2cccc(F)c2)n1. The van der Waals surface area contributed by atoms with Crippen LogP contribution in [0.1, 0.15) is 10.5 Å². The number of benzene rings is 1. The molecule has 0 atom stereocenters. The molecule has 86 valence electrons. The summed E-state index contributed by atoms with van der Waals surface area (Å²) in [6, 6.07) is 7.80. The zero-order valence-electron chi connectivity index (χ0n) is 8.65. The third kappa shape index (κ3) is 2.84. The number of aromatic nitrogens is 1. The maximum atomic E-state index is 13.1. The number of halogens is 2. The zero-order chi connectivity index (χ0) is 12.3. The molecule has 0 aliphatic carbocycles.